The summed E-state index contributed by atoms with van der Waals surface area (Å²) in [4.78, 5) is 27.8. The number of hydrogen-bond acceptors (Lipinski definition) is 6. The Labute approximate surface area is 119 Å². The Kier molecular flexibility index (Phi) is 2.98. The van der Waals surface area contributed by atoms with Crippen molar-refractivity contribution in [3.05, 3.63) is 34.2 Å². The van der Waals surface area contributed by atoms with Crippen LogP contribution in [-0.2, 0) is 0 Å². The largest absolute Gasteiger partial charge is 0.383 e. The first-order chi connectivity index (χ1) is 9.58. The second kappa shape index (κ2) is 4.68. The molecule has 0 aromatic carbocycles. The van der Waals surface area contributed by atoms with Crippen molar-refractivity contribution in [3.63, 3.8) is 0 Å². The Morgan fingerprint density at radius 1 is 1.40 bits per heavy atom. The summed E-state index contributed by atoms with van der Waals surface area (Å²) in [6, 6.07) is 0. The van der Waals surface area contributed by atoms with Crippen LogP contribution in [0.15, 0.2) is 17.9 Å². The maximum atomic E-state index is 12.5. The molecule has 0 radical (unpaired) electrons. The fourth-order valence-electron chi connectivity index (χ4n) is 1.94. The molecule has 0 aliphatic carbocycles. The summed E-state index contributed by atoms with van der Waals surface area (Å²) in [6.07, 6.45) is 2.97. The van der Waals surface area contributed by atoms with Crippen LogP contribution in [0, 0.1) is 0 Å². The van der Waals surface area contributed by atoms with Gasteiger partial charge in [0, 0.05) is 11.6 Å². The number of aromatic nitrogens is 4. The van der Waals surface area contributed by atoms with Crippen molar-refractivity contribution in [2.24, 2.45) is 0 Å². The van der Waals surface area contributed by atoms with Crippen LogP contribution in [0.4, 0.5) is 5.82 Å². The van der Waals surface area contributed by atoms with E-state index in [0.29, 0.717) is 33.3 Å². The van der Waals surface area contributed by atoms with Crippen molar-refractivity contribution < 1.29 is 4.79 Å². The minimum absolute atomic E-state index is 0.158. The van der Waals surface area contributed by atoms with Gasteiger partial charge in [0.05, 0.1) is 16.6 Å². The Morgan fingerprint density at radius 3 is 2.90 bits per heavy atom. The fraction of sp³-hybridized carbons (Fsp3) is 0.231. The van der Waals surface area contributed by atoms with E-state index < -0.39 is 0 Å². The Bertz CT molecular complexity index is 789. The molecule has 0 atom stereocenters. The number of carbonyl (C=O) groups excluding carboxylic acids is 1. The summed E-state index contributed by atoms with van der Waals surface area (Å²) in [5.74, 6) is 0.430. The van der Waals surface area contributed by atoms with Gasteiger partial charge in [-0.05, 0) is 5.92 Å². The topological polar surface area (TPSA) is 97.5 Å². The number of fused-ring (bicyclic) bond motifs is 1. The van der Waals surface area contributed by atoms with Gasteiger partial charge in [-0.1, -0.05) is 13.8 Å². The van der Waals surface area contributed by atoms with Crippen LogP contribution in [0.1, 0.15) is 40.8 Å². The average molecular weight is 287 g/mol. The highest BCUT2D eigenvalue weighted by molar-refractivity contribution is 7.12. The van der Waals surface area contributed by atoms with E-state index in [-0.39, 0.29) is 5.78 Å². The normalized spacial score (nSPS) is 11.3. The molecule has 3 aromatic rings. The molecule has 3 heterocycles. The number of nitrogen functional groups attached to an aromatic ring is 1. The molecule has 0 amide bonds. The van der Waals surface area contributed by atoms with E-state index >= 15 is 0 Å². The van der Waals surface area contributed by atoms with E-state index in [1.165, 1.54) is 17.7 Å². The van der Waals surface area contributed by atoms with Crippen molar-refractivity contribution >= 4 is 34.0 Å². The summed E-state index contributed by atoms with van der Waals surface area (Å²) in [5.41, 5.74) is 7.77. The zero-order valence-corrected chi connectivity index (χ0v) is 11.9. The molecule has 0 spiro atoms. The standard InChI is InChI=1S/C13H13N5OS/c1-6(2)8-4-20-13(18-8)10(19)7-3-15-12-9(7)11(14)16-5-17-12/h3-6H,1-2H3,(H3,14,15,16,17). The lowest BCUT2D eigenvalue weighted by Crippen LogP contribution is -2.02. The molecular weight excluding hydrogens is 274 g/mol. The summed E-state index contributed by atoms with van der Waals surface area (Å²) >= 11 is 1.34. The van der Waals surface area contributed by atoms with Gasteiger partial charge in [-0.2, -0.15) is 0 Å². The monoisotopic (exact) mass is 287 g/mol. The highest BCUT2D eigenvalue weighted by Gasteiger charge is 2.20. The number of nitrogens with one attached hydrogen (secondary N) is 1. The summed E-state index contributed by atoms with van der Waals surface area (Å²) in [5, 5.41) is 2.92. The summed E-state index contributed by atoms with van der Waals surface area (Å²) < 4.78 is 0. The van der Waals surface area contributed by atoms with Gasteiger partial charge in [0.15, 0.2) is 5.01 Å². The van der Waals surface area contributed by atoms with Crippen molar-refractivity contribution in [1.29, 1.82) is 0 Å². The molecule has 7 heteroatoms. The first-order valence-electron chi connectivity index (χ1n) is 6.15. The van der Waals surface area contributed by atoms with E-state index in [9.17, 15) is 4.79 Å². The van der Waals surface area contributed by atoms with Gasteiger partial charge in [0.2, 0.25) is 5.78 Å². The summed E-state index contributed by atoms with van der Waals surface area (Å²) in [7, 11) is 0. The highest BCUT2D eigenvalue weighted by atomic mass is 32.1. The molecule has 0 aliphatic heterocycles. The van der Waals surface area contributed by atoms with E-state index in [1.807, 2.05) is 19.2 Å². The number of H-pyrrole nitrogens is 1. The number of ketones is 1. The zero-order valence-electron chi connectivity index (χ0n) is 11.0. The number of hydrogen-bond donors (Lipinski definition) is 2. The predicted molar refractivity (Wildman–Crippen MR) is 77.9 cm³/mol. The van der Waals surface area contributed by atoms with Gasteiger partial charge >= 0.3 is 0 Å². The lowest BCUT2D eigenvalue weighted by atomic mass is 10.1. The molecule has 102 valence electrons. The minimum atomic E-state index is -0.158. The minimum Gasteiger partial charge on any atom is -0.383 e. The van der Waals surface area contributed by atoms with Crippen molar-refractivity contribution in [2.45, 2.75) is 19.8 Å². The Morgan fingerprint density at radius 2 is 2.20 bits per heavy atom. The van der Waals surface area contributed by atoms with E-state index in [0.717, 1.165) is 5.69 Å². The van der Waals surface area contributed by atoms with E-state index in [2.05, 4.69) is 19.9 Å². The van der Waals surface area contributed by atoms with Gasteiger partial charge in [0.25, 0.3) is 0 Å². The molecule has 3 N–H and O–H groups in total. The number of carbonyl (C=O) groups is 1. The molecule has 0 aliphatic rings. The molecule has 0 unspecified atom stereocenters. The SMILES string of the molecule is CC(C)c1csc(C(=O)c2c[nH]c3ncnc(N)c23)n1. The Balaban J connectivity index is 2.08. The van der Waals surface area contributed by atoms with Crippen LogP contribution in [0.25, 0.3) is 11.0 Å². The number of nitrogens with zero attached hydrogens (tertiary/aromatic N) is 3. The molecule has 0 saturated carbocycles. The second-order valence-electron chi connectivity index (χ2n) is 4.75. The van der Waals surface area contributed by atoms with Crippen LogP contribution >= 0.6 is 11.3 Å². The molecule has 0 saturated heterocycles. The maximum absolute atomic E-state index is 12.5. The van der Waals surface area contributed by atoms with Crippen molar-refractivity contribution in [2.75, 3.05) is 5.73 Å². The van der Waals surface area contributed by atoms with Gasteiger partial charge in [-0.15, -0.1) is 11.3 Å². The van der Waals surface area contributed by atoms with Crippen molar-refractivity contribution in [1.82, 2.24) is 19.9 Å². The van der Waals surface area contributed by atoms with Gasteiger partial charge in [0.1, 0.15) is 17.8 Å². The maximum Gasteiger partial charge on any atom is 0.223 e. The number of nitrogens with two attached hydrogens (primary N) is 1. The van der Waals surface area contributed by atoms with Crippen LogP contribution in [0.3, 0.4) is 0 Å². The molecule has 6 nitrogen and oxygen atoms in total. The first kappa shape index (κ1) is 12.7. The quantitative estimate of drug-likeness (QED) is 0.721. The number of rotatable bonds is 3. The molecule has 0 bridgehead atoms. The van der Waals surface area contributed by atoms with Gasteiger partial charge < -0.3 is 10.7 Å². The van der Waals surface area contributed by atoms with E-state index in [1.54, 1.807) is 6.20 Å². The summed E-state index contributed by atoms with van der Waals surface area (Å²) in [6.45, 7) is 4.08. The number of aromatic amines is 1. The van der Waals surface area contributed by atoms with Crippen LogP contribution in [-0.4, -0.2) is 25.7 Å². The second-order valence-corrected chi connectivity index (χ2v) is 5.60. The highest BCUT2D eigenvalue weighted by Crippen LogP contribution is 2.26. The number of thiazole rings is 1. The third-order valence-electron chi connectivity index (χ3n) is 3.05. The lowest BCUT2D eigenvalue weighted by Gasteiger charge is -1.99. The van der Waals surface area contributed by atoms with Crippen LogP contribution in [0.2, 0.25) is 0 Å². The average Bonchev–Trinajstić information content (AvgIpc) is 3.05. The number of anilines is 1. The zero-order chi connectivity index (χ0) is 14.3. The van der Waals surface area contributed by atoms with Crippen LogP contribution in [0.5, 0.6) is 0 Å². The molecule has 3 aromatic heterocycles. The smallest absolute Gasteiger partial charge is 0.223 e. The third kappa shape index (κ3) is 1.96. The Hall–Kier alpha value is -2.28. The predicted octanol–water partition coefficient (Wildman–Crippen LogP) is 2.35. The third-order valence-corrected chi connectivity index (χ3v) is 3.91. The molecule has 3 rings (SSSR count). The molecule has 20 heavy (non-hydrogen) atoms. The fourth-order valence-corrected chi connectivity index (χ4v) is 2.87. The van der Waals surface area contributed by atoms with Crippen molar-refractivity contribution in [3.8, 4) is 0 Å². The van der Waals surface area contributed by atoms with Gasteiger partial charge in [-0.25, -0.2) is 15.0 Å². The molecular formula is C13H13N5OS. The van der Waals surface area contributed by atoms with E-state index in [4.69, 9.17) is 5.73 Å². The molecule has 0 fully saturated rings. The lowest BCUT2D eigenvalue weighted by molar-refractivity contribution is 0.104. The van der Waals surface area contributed by atoms with Crippen LogP contribution < -0.4 is 5.73 Å². The first-order valence-corrected chi connectivity index (χ1v) is 7.03. The van der Waals surface area contributed by atoms with Gasteiger partial charge in [-0.3, -0.25) is 4.79 Å².